The van der Waals surface area contributed by atoms with Gasteiger partial charge in [-0.3, -0.25) is 0 Å². The van der Waals surface area contributed by atoms with Gasteiger partial charge in [0.05, 0.1) is 28.4 Å². The van der Waals surface area contributed by atoms with Crippen LogP contribution in [0.25, 0.3) is 0 Å². The van der Waals surface area contributed by atoms with Gasteiger partial charge in [0.1, 0.15) is 5.82 Å². The van der Waals surface area contributed by atoms with Crippen LogP contribution in [-0.2, 0) is 0 Å². The average Bonchev–Trinajstić information content (AvgIpc) is 2.75. The first-order valence-electron chi connectivity index (χ1n) is 8.91. The Morgan fingerprint density at radius 2 is 1.17 bits per heavy atom. The van der Waals surface area contributed by atoms with Crippen LogP contribution in [0.4, 0.5) is 4.39 Å². The Kier molecular flexibility index (Phi) is 6.49. The van der Waals surface area contributed by atoms with E-state index in [2.05, 4.69) is 0 Å². The molecule has 0 aromatic heterocycles. The fraction of sp³-hybridized carbons (Fsp3) is 0.217. The Morgan fingerprint density at radius 1 is 0.690 bits per heavy atom. The summed E-state index contributed by atoms with van der Waals surface area (Å²) in [5, 5.41) is 0.333. The fourth-order valence-corrected chi connectivity index (χ4v) is 3.65. The summed E-state index contributed by atoms with van der Waals surface area (Å²) in [6, 6.07) is 15.6. The standard InChI is InChI=1S/C23H22ClFO4/c1-26-18-10-8-14(12-20(18)28-3)22(23-16(24)6-5-7-17(23)25)15-9-11-19(27-2)21(13-15)29-4/h5-13,22H,1-4H3. The van der Waals surface area contributed by atoms with Crippen LogP contribution in [-0.4, -0.2) is 28.4 Å². The Hall–Kier alpha value is -2.92. The average molecular weight is 417 g/mol. The largest absolute Gasteiger partial charge is 0.493 e. The highest BCUT2D eigenvalue weighted by Gasteiger charge is 2.25. The number of rotatable bonds is 7. The molecule has 0 amide bonds. The number of ether oxygens (including phenoxy) is 4. The second-order valence-electron chi connectivity index (χ2n) is 6.30. The van der Waals surface area contributed by atoms with Gasteiger partial charge in [0.2, 0.25) is 0 Å². The summed E-state index contributed by atoms with van der Waals surface area (Å²) >= 11 is 6.44. The van der Waals surface area contributed by atoms with Crippen molar-refractivity contribution in [3.05, 3.63) is 82.1 Å². The van der Waals surface area contributed by atoms with Crippen molar-refractivity contribution in [3.8, 4) is 23.0 Å². The summed E-state index contributed by atoms with van der Waals surface area (Å²) in [6.07, 6.45) is 0. The number of halogens is 2. The van der Waals surface area contributed by atoms with Crippen molar-refractivity contribution in [2.75, 3.05) is 28.4 Å². The second-order valence-corrected chi connectivity index (χ2v) is 6.70. The van der Waals surface area contributed by atoms with E-state index in [1.54, 1.807) is 52.7 Å². The zero-order valence-corrected chi connectivity index (χ0v) is 17.4. The van der Waals surface area contributed by atoms with Gasteiger partial charge in [-0.05, 0) is 47.5 Å². The van der Waals surface area contributed by atoms with E-state index in [9.17, 15) is 4.39 Å². The lowest BCUT2D eigenvalue weighted by Crippen LogP contribution is -2.08. The molecule has 3 aromatic rings. The van der Waals surface area contributed by atoms with E-state index in [0.717, 1.165) is 11.1 Å². The third-order valence-electron chi connectivity index (χ3n) is 4.77. The van der Waals surface area contributed by atoms with Gasteiger partial charge in [-0.15, -0.1) is 0 Å². The van der Waals surface area contributed by atoms with E-state index >= 15 is 0 Å². The van der Waals surface area contributed by atoms with Crippen LogP contribution in [0, 0.1) is 5.82 Å². The molecule has 0 aliphatic carbocycles. The molecule has 3 aromatic carbocycles. The maximum Gasteiger partial charge on any atom is 0.161 e. The van der Waals surface area contributed by atoms with Crippen LogP contribution >= 0.6 is 11.6 Å². The molecule has 0 spiro atoms. The lowest BCUT2D eigenvalue weighted by atomic mass is 9.84. The first-order chi connectivity index (χ1) is 14.0. The Balaban J connectivity index is 2.26. The molecule has 0 aliphatic rings. The van der Waals surface area contributed by atoms with Crippen LogP contribution in [0.2, 0.25) is 5.02 Å². The summed E-state index contributed by atoms with van der Waals surface area (Å²) in [4.78, 5) is 0. The van der Waals surface area contributed by atoms with Gasteiger partial charge < -0.3 is 18.9 Å². The highest BCUT2D eigenvalue weighted by atomic mass is 35.5. The van der Waals surface area contributed by atoms with Gasteiger partial charge in [-0.2, -0.15) is 0 Å². The van der Waals surface area contributed by atoms with Crippen molar-refractivity contribution in [1.82, 2.24) is 0 Å². The number of hydrogen-bond acceptors (Lipinski definition) is 4. The molecule has 0 radical (unpaired) electrons. The van der Waals surface area contributed by atoms with Gasteiger partial charge in [0.25, 0.3) is 0 Å². The maximum absolute atomic E-state index is 14.9. The van der Waals surface area contributed by atoms with Crippen LogP contribution in [0.1, 0.15) is 22.6 Å². The smallest absolute Gasteiger partial charge is 0.161 e. The molecular weight excluding hydrogens is 395 g/mol. The Labute approximate surface area is 174 Å². The zero-order valence-electron chi connectivity index (χ0n) is 16.7. The van der Waals surface area contributed by atoms with E-state index in [4.69, 9.17) is 30.5 Å². The van der Waals surface area contributed by atoms with Crippen LogP contribution in [0.15, 0.2) is 54.6 Å². The molecule has 0 bridgehead atoms. The molecule has 0 saturated heterocycles. The predicted octanol–water partition coefficient (Wildman–Crippen LogP) is 5.69. The summed E-state index contributed by atoms with van der Waals surface area (Å²) < 4.78 is 36.5. The van der Waals surface area contributed by atoms with E-state index in [-0.39, 0.29) is 0 Å². The third-order valence-corrected chi connectivity index (χ3v) is 5.10. The normalized spacial score (nSPS) is 10.7. The van der Waals surface area contributed by atoms with Crippen LogP contribution in [0.3, 0.4) is 0 Å². The van der Waals surface area contributed by atoms with E-state index in [1.807, 2.05) is 24.3 Å². The van der Waals surface area contributed by atoms with Crippen molar-refractivity contribution in [3.63, 3.8) is 0 Å². The number of hydrogen-bond donors (Lipinski definition) is 0. The van der Waals surface area contributed by atoms with Gasteiger partial charge in [-0.25, -0.2) is 4.39 Å². The Bertz CT molecular complexity index is 930. The molecule has 0 aliphatic heterocycles. The lowest BCUT2D eigenvalue weighted by Gasteiger charge is -2.23. The molecule has 0 fully saturated rings. The molecule has 152 valence electrons. The molecule has 0 N–H and O–H groups in total. The minimum atomic E-state index is -0.497. The van der Waals surface area contributed by atoms with Crippen LogP contribution in [0.5, 0.6) is 23.0 Å². The van der Waals surface area contributed by atoms with Crippen molar-refractivity contribution in [2.45, 2.75) is 5.92 Å². The fourth-order valence-electron chi connectivity index (χ4n) is 3.38. The SMILES string of the molecule is COc1ccc(C(c2ccc(OC)c(OC)c2)c2c(F)cccc2Cl)cc1OC. The van der Waals surface area contributed by atoms with E-state index < -0.39 is 11.7 Å². The molecule has 0 saturated carbocycles. The molecule has 6 heteroatoms. The topological polar surface area (TPSA) is 36.9 Å². The summed E-state index contributed by atoms with van der Waals surface area (Å²) in [5.41, 5.74) is 1.96. The Morgan fingerprint density at radius 3 is 1.59 bits per heavy atom. The third kappa shape index (κ3) is 4.10. The first kappa shape index (κ1) is 20.8. The molecule has 0 unspecified atom stereocenters. The molecular formula is C23H22ClFO4. The predicted molar refractivity (Wildman–Crippen MR) is 111 cm³/mol. The van der Waals surface area contributed by atoms with Crippen molar-refractivity contribution in [2.24, 2.45) is 0 Å². The van der Waals surface area contributed by atoms with Gasteiger partial charge >= 0.3 is 0 Å². The summed E-state index contributed by atoms with van der Waals surface area (Å²) in [7, 11) is 6.25. The molecule has 4 nitrogen and oxygen atoms in total. The second kappa shape index (κ2) is 9.05. The van der Waals surface area contributed by atoms with Crippen molar-refractivity contribution in [1.29, 1.82) is 0 Å². The van der Waals surface area contributed by atoms with E-state index in [1.165, 1.54) is 6.07 Å². The van der Waals surface area contributed by atoms with E-state index in [0.29, 0.717) is 33.6 Å². The monoisotopic (exact) mass is 416 g/mol. The van der Waals surface area contributed by atoms with Crippen molar-refractivity contribution >= 4 is 11.6 Å². The molecule has 0 atom stereocenters. The zero-order chi connectivity index (χ0) is 21.0. The minimum Gasteiger partial charge on any atom is -0.493 e. The molecule has 0 heterocycles. The van der Waals surface area contributed by atoms with Gasteiger partial charge in [0, 0.05) is 16.5 Å². The number of methoxy groups -OCH3 is 4. The first-order valence-corrected chi connectivity index (χ1v) is 9.29. The molecule has 29 heavy (non-hydrogen) atoms. The highest BCUT2D eigenvalue weighted by molar-refractivity contribution is 6.31. The van der Waals surface area contributed by atoms with Gasteiger partial charge in [-0.1, -0.05) is 29.8 Å². The minimum absolute atomic E-state index is 0.333. The highest BCUT2D eigenvalue weighted by Crippen LogP contribution is 2.42. The van der Waals surface area contributed by atoms with Gasteiger partial charge in [0.15, 0.2) is 23.0 Å². The molecule has 3 rings (SSSR count). The summed E-state index contributed by atoms with van der Waals surface area (Å²) in [5.74, 6) is 1.37. The number of benzene rings is 3. The quantitative estimate of drug-likeness (QED) is 0.463. The van der Waals surface area contributed by atoms with Crippen LogP contribution < -0.4 is 18.9 Å². The lowest BCUT2D eigenvalue weighted by molar-refractivity contribution is 0.354. The summed E-state index contributed by atoms with van der Waals surface area (Å²) in [6.45, 7) is 0. The maximum atomic E-state index is 14.9. The van der Waals surface area contributed by atoms with Crippen molar-refractivity contribution < 1.29 is 23.3 Å².